The molecule has 0 aromatic heterocycles. The molecule has 5 saturated carbocycles. The molecule has 8 unspecified atom stereocenters. The Hall–Kier alpha value is -0.320. The average molecular weight is 619 g/mol. The molecule has 8 nitrogen and oxygen atoms in total. The number of aliphatic hydroxyl groups excluding tert-OH is 1. The van der Waals surface area contributed by atoms with Crippen molar-refractivity contribution in [2.45, 2.75) is 141 Å². The second-order valence-electron chi connectivity index (χ2n) is 17.6. The van der Waals surface area contributed by atoms with Crippen LogP contribution in [0, 0.1) is 45.3 Å². The molecule has 0 bridgehead atoms. The minimum atomic E-state index is -0.904. The van der Waals surface area contributed by atoms with Gasteiger partial charge in [0, 0.05) is 13.7 Å². The number of fused-ring (bicyclic) bond motifs is 4. The quantitative estimate of drug-likeness (QED) is 0.418. The van der Waals surface area contributed by atoms with E-state index in [4.69, 9.17) is 29.8 Å². The van der Waals surface area contributed by atoms with Crippen LogP contribution in [-0.4, -0.2) is 97.4 Å². The molecule has 3 saturated heterocycles. The highest BCUT2D eigenvalue weighted by Gasteiger charge is 2.80. The van der Waals surface area contributed by atoms with Crippen molar-refractivity contribution in [1.29, 1.82) is 0 Å². The van der Waals surface area contributed by atoms with E-state index in [2.05, 4.69) is 25.7 Å². The molecule has 0 aromatic rings. The van der Waals surface area contributed by atoms with Crippen molar-refractivity contribution in [2.75, 3.05) is 40.0 Å². The zero-order valence-electron chi connectivity index (χ0n) is 28.4. The summed E-state index contributed by atoms with van der Waals surface area (Å²) in [5.74, 6) is 3.02. The van der Waals surface area contributed by atoms with E-state index in [0.29, 0.717) is 34.3 Å². The lowest BCUT2D eigenvalue weighted by Gasteiger charge is -2.60. The van der Waals surface area contributed by atoms with Crippen LogP contribution in [-0.2, 0) is 18.9 Å². The Balaban J connectivity index is 0.00000153. The highest BCUT2D eigenvalue weighted by Crippen LogP contribution is 2.87. The fourth-order valence-corrected chi connectivity index (χ4v) is 12.9. The van der Waals surface area contributed by atoms with Gasteiger partial charge in [-0.2, -0.15) is 0 Å². The Kier molecular flexibility index (Phi) is 8.14. The van der Waals surface area contributed by atoms with Gasteiger partial charge in [0.05, 0.1) is 62.4 Å². The van der Waals surface area contributed by atoms with E-state index in [9.17, 15) is 5.11 Å². The lowest BCUT2D eigenvalue weighted by Crippen LogP contribution is -2.58. The summed E-state index contributed by atoms with van der Waals surface area (Å²) in [6.45, 7) is 15.7. The molecular weight excluding hydrogens is 556 g/mol. The summed E-state index contributed by atoms with van der Waals surface area (Å²) >= 11 is 0. The number of nitrogens with zero attached hydrogens (tertiary/aromatic N) is 1. The summed E-state index contributed by atoms with van der Waals surface area (Å²) in [7, 11) is 1.00. The first-order valence-corrected chi connectivity index (χ1v) is 18.1. The van der Waals surface area contributed by atoms with Gasteiger partial charge in [0.25, 0.3) is 0 Å². The first kappa shape index (κ1) is 32.2. The monoisotopic (exact) mass is 618 g/mol. The Morgan fingerprint density at radius 2 is 1.68 bits per heavy atom. The molecular formula is C36H62N2O6. The molecule has 8 fully saturated rings. The molecule has 4 N–H and O–H groups in total. The number of nitrogens with two attached hydrogens (primary N) is 1. The molecule has 8 heteroatoms. The van der Waals surface area contributed by atoms with Gasteiger partial charge in [-0.1, -0.05) is 20.8 Å². The Morgan fingerprint density at radius 1 is 0.932 bits per heavy atom. The zero-order chi connectivity index (χ0) is 31.3. The van der Waals surface area contributed by atoms with E-state index in [1.54, 1.807) is 0 Å². The minimum Gasteiger partial charge on any atom is -0.400 e. The van der Waals surface area contributed by atoms with Crippen LogP contribution >= 0.6 is 0 Å². The van der Waals surface area contributed by atoms with Crippen LogP contribution in [0.4, 0.5) is 0 Å². The molecule has 0 aromatic carbocycles. The number of hydrogen-bond acceptors (Lipinski definition) is 8. The lowest BCUT2D eigenvalue weighted by molar-refractivity contribution is -0.253. The van der Waals surface area contributed by atoms with E-state index < -0.39 is 5.60 Å². The number of rotatable bonds is 5. The van der Waals surface area contributed by atoms with Gasteiger partial charge < -0.3 is 34.9 Å². The SMILES string of the molecule is CC12CC[C@@]34CC35CC[C@H](OC3CN(C6COC6)CCO3)C(C)(C)[C@@H]5CCC4C1CC1OC([C@H](N)C(C)(C)O)CCC12.CO. The molecule has 0 amide bonds. The van der Waals surface area contributed by atoms with Crippen molar-refractivity contribution in [2.24, 2.45) is 51.1 Å². The van der Waals surface area contributed by atoms with E-state index in [0.717, 1.165) is 64.2 Å². The fraction of sp³-hybridized carbons (Fsp3) is 1.00. The summed E-state index contributed by atoms with van der Waals surface area (Å²) in [5, 5.41) is 17.6. The lowest BCUT2D eigenvalue weighted by atomic mass is 9.46. The summed E-state index contributed by atoms with van der Waals surface area (Å²) in [5.41, 5.74) is 7.24. The fourth-order valence-electron chi connectivity index (χ4n) is 12.9. The Labute approximate surface area is 266 Å². The molecule has 5 aliphatic carbocycles. The number of hydrogen-bond donors (Lipinski definition) is 3. The highest BCUT2D eigenvalue weighted by atomic mass is 16.7. The van der Waals surface area contributed by atoms with Gasteiger partial charge in [-0.3, -0.25) is 4.90 Å². The van der Waals surface area contributed by atoms with Gasteiger partial charge in [0.1, 0.15) is 0 Å². The van der Waals surface area contributed by atoms with Crippen LogP contribution in [0.2, 0.25) is 0 Å². The zero-order valence-corrected chi connectivity index (χ0v) is 28.4. The van der Waals surface area contributed by atoms with Crippen LogP contribution in [0.1, 0.15) is 98.8 Å². The maximum absolute atomic E-state index is 10.6. The molecule has 44 heavy (non-hydrogen) atoms. The summed E-state index contributed by atoms with van der Waals surface area (Å²) in [6.07, 6.45) is 13.4. The van der Waals surface area contributed by atoms with Crippen molar-refractivity contribution >= 4 is 0 Å². The van der Waals surface area contributed by atoms with Crippen LogP contribution in [0.5, 0.6) is 0 Å². The number of morpholine rings is 1. The van der Waals surface area contributed by atoms with E-state index in [1.165, 1.54) is 57.8 Å². The Morgan fingerprint density at radius 3 is 2.39 bits per heavy atom. The molecule has 3 heterocycles. The van der Waals surface area contributed by atoms with Crippen molar-refractivity contribution in [1.82, 2.24) is 4.90 Å². The third kappa shape index (κ3) is 4.66. The van der Waals surface area contributed by atoms with Gasteiger partial charge in [-0.15, -0.1) is 0 Å². The van der Waals surface area contributed by atoms with Gasteiger partial charge in [-0.25, -0.2) is 0 Å². The van der Waals surface area contributed by atoms with Gasteiger partial charge in [0.15, 0.2) is 6.29 Å². The van der Waals surface area contributed by atoms with Crippen molar-refractivity contribution in [3.8, 4) is 0 Å². The average Bonchev–Trinajstić information content (AvgIpc) is 3.54. The van der Waals surface area contributed by atoms with E-state index in [1.807, 2.05) is 13.8 Å². The van der Waals surface area contributed by atoms with Crippen LogP contribution in [0.15, 0.2) is 0 Å². The molecule has 252 valence electrons. The number of aliphatic hydroxyl groups is 2. The summed E-state index contributed by atoms with van der Waals surface area (Å²) in [6, 6.07) is 0.228. The summed E-state index contributed by atoms with van der Waals surface area (Å²) < 4.78 is 25.4. The molecule has 8 aliphatic rings. The van der Waals surface area contributed by atoms with Crippen molar-refractivity contribution in [3.05, 3.63) is 0 Å². The molecule has 0 radical (unpaired) electrons. The van der Waals surface area contributed by atoms with Gasteiger partial charge >= 0.3 is 0 Å². The maximum Gasteiger partial charge on any atom is 0.170 e. The Bertz CT molecular complexity index is 1060. The van der Waals surface area contributed by atoms with Crippen molar-refractivity contribution in [3.63, 3.8) is 0 Å². The van der Waals surface area contributed by atoms with E-state index in [-0.39, 0.29) is 30.0 Å². The minimum absolute atomic E-state index is 0.0229. The molecule has 8 rings (SSSR count). The third-order valence-electron chi connectivity index (χ3n) is 15.3. The topological polar surface area (TPSA) is 107 Å². The normalized spacial score (nSPS) is 50.4. The second kappa shape index (κ2) is 11.1. The molecule has 12 atom stereocenters. The van der Waals surface area contributed by atoms with Crippen LogP contribution in [0.3, 0.4) is 0 Å². The first-order chi connectivity index (χ1) is 20.9. The maximum atomic E-state index is 10.6. The highest BCUT2D eigenvalue weighted by molar-refractivity contribution is 5.29. The van der Waals surface area contributed by atoms with Crippen molar-refractivity contribution < 1.29 is 29.2 Å². The molecule has 2 spiro atoms. The van der Waals surface area contributed by atoms with E-state index >= 15 is 0 Å². The predicted octanol–water partition coefficient (Wildman–Crippen LogP) is 4.34. The summed E-state index contributed by atoms with van der Waals surface area (Å²) in [4.78, 5) is 2.53. The smallest absolute Gasteiger partial charge is 0.170 e. The van der Waals surface area contributed by atoms with Crippen LogP contribution in [0.25, 0.3) is 0 Å². The van der Waals surface area contributed by atoms with Crippen LogP contribution < -0.4 is 5.73 Å². The van der Waals surface area contributed by atoms with Gasteiger partial charge in [0.2, 0.25) is 0 Å². The predicted molar refractivity (Wildman–Crippen MR) is 169 cm³/mol. The standard InChI is InChI=1S/C35H58N2O5.CH4O/c1-31(2)27-9-7-22-24-16-26-23(6-8-25(41-26)30(36)32(3,4)38)33(24,5)12-13-34(22)20-35(27,34)11-10-28(31)42-29-17-37(14-15-40-29)21-18-39-19-21;1-2/h21-30,38H,6-20,36H2,1-5H3;2H,1H3/t22?,23?,24?,25?,26?,27-,28-,29?,30-,33?,34-,35?;/m0./s1. The number of ether oxygens (including phenoxy) is 4. The largest absolute Gasteiger partial charge is 0.400 e. The van der Waals surface area contributed by atoms with Gasteiger partial charge in [-0.05, 0) is 123 Å². The molecule has 3 aliphatic heterocycles. The second-order valence-corrected chi connectivity index (χ2v) is 17.6. The first-order valence-electron chi connectivity index (χ1n) is 18.1. The third-order valence-corrected chi connectivity index (χ3v) is 15.3.